The van der Waals surface area contributed by atoms with Gasteiger partial charge in [0.25, 0.3) is 0 Å². The van der Waals surface area contributed by atoms with Gasteiger partial charge in [0.2, 0.25) is 0 Å². The Morgan fingerprint density at radius 3 is 2.57 bits per heavy atom. The normalized spacial score (nSPS) is 17.7. The van der Waals surface area contributed by atoms with Gasteiger partial charge in [-0.2, -0.15) is 0 Å². The molecule has 0 aliphatic carbocycles. The third-order valence-corrected chi connectivity index (χ3v) is 7.83. The molecule has 3 atom stereocenters. The highest BCUT2D eigenvalue weighted by Crippen LogP contribution is 2.43. The van der Waals surface area contributed by atoms with E-state index in [0.717, 1.165) is 53.8 Å². The second-order valence-electron chi connectivity index (χ2n) is 10.2. The summed E-state index contributed by atoms with van der Waals surface area (Å²) in [4.78, 5) is 12.0. The molecule has 4 nitrogen and oxygen atoms in total. The number of rotatable bonds is 8. The SMILES string of the molecule is Cc1ccc([C@@H]2C[C@H](CCCN[C@H](C)c3cccc4ccccc34)Oc3ccccc32)c(C)c1C(=O)O. The van der Waals surface area contributed by atoms with Crippen LogP contribution in [0.3, 0.4) is 0 Å². The van der Waals surface area contributed by atoms with Crippen LogP contribution in [0, 0.1) is 13.8 Å². The van der Waals surface area contributed by atoms with Gasteiger partial charge in [0, 0.05) is 17.5 Å². The van der Waals surface area contributed by atoms with Crippen molar-refractivity contribution in [2.24, 2.45) is 0 Å². The van der Waals surface area contributed by atoms with Gasteiger partial charge in [-0.15, -0.1) is 0 Å². The lowest BCUT2D eigenvalue weighted by Crippen LogP contribution is -2.28. The van der Waals surface area contributed by atoms with Gasteiger partial charge in [0.1, 0.15) is 5.75 Å². The van der Waals surface area contributed by atoms with Crippen molar-refractivity contribution in [3.05, 3.63) is 112 Å². The predicted molar refractivity (Wildman–Crippen MR) is 150 cm³/mol. The van der Waals surface area contributed by atoms with Crippen molar-refractivity contribution < 1.29 is 14.6 Å². The van der Waals surface area contributed by atoms with Crippen LogP contribution in [0.25, 0.3) is 10.8 Å². The highest BCUT2D eigenvalue weighted by Gasteiger charge is 2.31. The Hall–Kier alpha value is -3.63. The van der Waals surface area contributed by atoms with Crippen molar-refractivity contribution in [3.8, 4) is 5.75 Å². The average molecular weight is 494 g/mol. The molecule has 0 unspecified atom stereocenters. The molecular formula is C33H35NO3. The number of fused-ring (bicyclic) bond motifs is 2. The molecule has 0 radical (unpaired) electrons. The third kappa shape index (κ3) is 5.12. The van der Waals surface area contributed by atoms with Gasteiger partial charge in [0.15, 0.2) is 0 Å². The average Bonchev–Trinajstić information content (AvgIpc) is 2.90. The molecule has 5 rings (SSSR count). The first-order valence-corrected chi connectivity index (χ1v) is 13.2. The second kappa shape index (κ2) is 10.8. The molecule has 1 heterocycles. The number of aryl methyl sites for hydroxylation is 1. The zero-order chi connectivity index (χ0) is 25.9. The van der Waals surface area contributed by atoms with Gasteiger partial charge in [-0.3, -0.25) is 0 Å². The zero-order valence-electron chi connectivity index (χ0n) is 21.8. The molecule has 0 spiro atoms. The van der Waals surface area contributed by atoms with E-state index in [9.17, 15) is 9.90 Å². The van der Waals surface area contributed by atoms with E-state index in [4.69, 9.17) is 4.74 Å². The minimum atomic E-state index is -0.861. The van der Waals surface area contributed by atoms with Crippen LogP contribution in [0.15, 0.2) is 78.9 Å². The molecule has 37 heavy (non-hydrogen) atoms. The molecule has 0 saturated carbocycles. The maximum absolute atomic E-state index is 12.0. The number of hydrogen-bond donors (Lipinski definition) is 2. The van der Waals surface area contributed by atoms with Crippen LogP contribution in [-0.4, -0.2) is 23.7 Å². The van der Waals surface area contributed by atoms with Gasteiger partial charge < -0.3 is 15.2 Å². The lowest BCUT2D eigenvalue weighted by atomic mass is 9.80. The summed E-state index contributed by atoms with van der Waals surface area (Å²) in [5.41, 5.74) is 5.64. The van der Waals surface area contributed by atoms with Gasteiger partial charge in [-0.1, -0.05) is 72.8 Å². The van der Waals surface area contributed by atoms with Gasteiger partial charge in [0.05, 0.1) is 11.7 Å². The summed E-state index contributed by atoms with van der Waals surface area (Å²) in [7, 11) is 0. The highest BCUT2D eigenvalue weighted by atomic mass is 16.5. The number of carbonyl (C=O) groups is 1. The highest BCUT2D eigenvalue weighted by molar-refractivity contribution is 5.91. The lowest BCUT2D eigenvalue weighted by molar-refractivity contribution is 0.0695. The number of carboxylic acid groups (broad SMARTS) is 1. The number of hydrogen-bond acceptors (Lipinski definition) is 3. The first kappa shape index (κ1) is 25.0. The van der Waals surface area contributed by atoms with E-state index in [0.29, 0.717) is 5.56 Å². The van der Waals surface area contributed by atoms with Crippen LogP contribution < -0.4 is 10.1 Å². The van der Waals surface area contributed by atoms with E-state index >= 15 is 0 Å². The third-order valence-electron chi connectivity index (χ3n) is 7.83. The van der Waals surface area contributed by atoms with Crippen LogP contribution in [0.1, 0.15) is 76.3 Å². The minimum absolute atomic E-state index is 0.0866. The number of benzene rings is 4. The maximum Gasteiger partial charge on any atom is 0.336 e. The summed E-state index contributed by atoms with van der Waals surface area (Å²) < 4.78 is 6.43. The Balaban J connectivity index is 1.28. The van der Waals surface area contributed by atoms with Crippen molar-refractivity contribution in [1.82, 2.24) is 5.32 Å². The molecule has 4 heteroatoms. The monoisotopic (exact) mass is 493 g/mol. The molecule has 1 aliphatic rings. The van der Waals surface area contributed by atoms with Crippen LogP contribution in [0.2, 0.25) is 0 Å². The Morgan fingerprint density at radius 2 is 1.73 bits per heavy atom. The summed E-state index contributed by atoms with van der Waals surface area (Å²) in [6.07, 6.45) is 2.88. The second-order valence-corrected chi connectivity index (χ2v) is 10.2. The molecule has 0 saturated heterocycles. The Bertz CT molecular complexity index is 1420. The molecule has 190 valence electrons. The van der Waals surface area contributed by atoms with Crippen molar-refractivity contribution in [3.63, 3.8) is 0 Å². The van der Waals surface area contributed by atoms with Crippen molar-refractivity contribution >= 4 is 16.7 Å². The molecule has 0 bridgehead atoms. The van der Waals surface area contributed by atoms with Crippen molar-refractivity contribution in [2.45, 2.75) is 58.1 Å². The minimum Gasteiger partial charge on any atom is -0.490 e. The number of para-hydroxylation sites is 1. The van der Waals surface area contributed by atoms with Crippen LogP contribution in [-0.2, 0) is 0 Å². The van der Waals surface area contributed by atoms with Gasteiger partial charge in [-0.05, 0) is 85.7 Å². The van der Waals surface area contributed by atoms with E-state index in [1.54, 1.807) is 0 Å². The van der Waals surface area contributed by atoms with Crippen LogP contribution >= 0.6 is 0 Å². The quantitative estimate of drug-likeness (QED) is 0.249. The fourth-order valence-corrected chi connectivity index (χ4v) is 5.92. The number of ether oxygens (including phenoxy) is 1. The fourth-order valence-electron chi connectivity index (χ4n) is 5.92. The van der Waals surface area contributed by atoms with Gasteiger partial charge in [-0.25, -0.2) is 4.79 Å². The maximum atomic E-state index is 12.0. The topological polar surface area (TPSA) is 58.6 Å². The summed E-state index contributed by atoms with van der Waals surface area (Å²) in [6.45, 7) is 6.94. The summed E-state index contributed by atoms with van der Waals surface area (Å²) >= 11 is 0. The molecule has 0 aromatic heterocycles. The predicted octanol–water partition coefficient (Wildman–Crippen LogP) is 7.57. The Labute approximate surface area is 219 Å². The molecular weight excluding hydrogens is 458 g/mol. The van der Waals surface area contributed by atoms with E-state index in [1.807, 2.05) is 38.1 Å². The fraction of sp³-hybridized carbons (Fsp3) is 0.303. The first-order valence-electron chi connectivity index (χ1n) is 13.2. The number of nitrogens with one attached hydrogen (secondary N) is 1. The van der Waals surface area contributed by atoms with Gasteiger partial charge >= 0.3 is 5.97 Å². The Morgan fingerprint density at radius 1 is 0.973 bits per heavy atom. The molecule has 2 N–H and O–H groups in total. The van der Waals surface area contributed by atoms with Crippen molar-refractivity contribution in [2.75, 3.05) is 6.54 Å². The van der Waals surface area contributed by atoms with Crippen LogP contribution in [0.4, 0.5) is 0 Å². The number of aromatic carboxylic acids is 1. The first-order chi connectivity index (χ1) is 17.9. The molecule has 0 fully saturated rings. The van der Waals surface area contributed by atoms with E-state index in [2.05, 4.69) is 66.8 Å². The van der Waals surface area contributed by atoms with Crippen LogP contribution in [0.5, 0.6) is 5.75 Å². The molecule has 4 aromatic carbocycles. The standard InChI is InChI=1S/C33H35NO3/c1-21-17-18-26(22(2)32(21)33(35)36)30-20-25(37-31-16-7-6-14-29(30)31)12-9-19-34-23(3)27-15-8-11-24-10-4-5-13-28(24)27/h4-8,10-11,13-18,23,25,30,34H,9,12,19-20H2,1-3H3,(H,35,36)/t23-,25+,30+/m1/s1. The largest absolute Gasteiger partial charge is 0.490 e. The number of carboxylic acids is 1. The zero-order valence-corrected chi connectivity index (χ0v) is 21.8. The summed E-state index contributed by atoms with van der Waals surface area (Å²) in [6, 6.07) is 27.6. The molecule has 0 amide bonds. The van der Waals surface area contributed by atoms with E-state index < -0.39 is 5.97 Å². The van der Waals surface area contributed by atoms with E-state index in [1.165, 1.54) is 16.3 Å². The summed E-state index contributed by atoms with van der Waals surface area (Å²) in [5.74, 6) is 0.175. The molecule has 1 aliphatic heterocycles. The Kier molecular flexibility index (Phi) is 7.29. The summed E-state index contributed by atoms with van der Waals surface area (Å²) in [5, 5.41) is 16.1. The van der Waals surface area contributed by atoms with Crippen molar-refractivity contribution in [1.29, 1.82) is 0 Å². The smallest absolute Gasteiger partial charge is 0.336 e. The molecule has 4 aromatic rings. The van der Waals surface area contributed by atoms with E-state index in [-0.39, 0.29) is 18.1 Å². The lowest BCUT2D eigenvalue weighted by Gasteiger charge is -2.34.